The predicted octanol–water partition coefficient (Wildman–Crippen LogP) is 3.52. The van der Waals surface area contributed by atoms with Crippen LogP contribution in [0.4, 0.5) is 10.5 Å². The summed E-state index contributed by atoms with van der Waals surface area (Å²) in [5.74, 6) is -0.0517. The molecule has 0 spiro atoms. The Labute approximate surface area is 141 Å². The van der Waals surface area contributed by atoms with E-state index in [4.69, 9.17) is 5.11 Å². The summed E-state index contributed by atoms with van der Waals surface area (Å²) >= 11 is 0. The van der Waals surface area contributed by atoms with Crippen LogP contribution >= 0.6 is 0 Å². The zero-order valence-corrected chi connectivity index (χ0v) is 13.7. The lowest BCUT2D eigenvalue weighted by Gasteiger charge is -2.19. The number of carbonyl (C=O) groups excluding carboxylic acids is 2. The topological polar surface area (TPSA) is 78.4 Å². The average Bonchev–Trinajstić information content (AvgIpc) is 2.59. The molecule has 0 fully saturated rings. The smallest absolute Gasteiger partial charge is 0.319 e. The number of amides is 2. The molecule has 2 rings (SSSR count). The average molecular weight is 326 g/mol. The predicted molar refractivity (Wildman–Crippen MR) is 94.1 cm³/mol. The molecule has 0 heterocycles. The van der Waals surface area contributed by atoms with Crippen LogP contribution in [0.1, 0.15) is 41.7 Å². The first-order valence-electron chi connectivity index (χ1n) is 7.94. The van der Waals surface area contributed by atoms with Gasteiger partial charge < -0.3 is 15.7 Å². The number of benzene rings is 2. The van der Waals surface area contributed by atoms with Gasteiger partial charge in [0.05, 0.1) is 6.04 Å². The molecule has 1 unspecified atom stereocenters. The maximum atomic E-state index is 12.3. The third kappa shape index (κ3) is 5.21. The van der Waals surface area contributed by atoms with Crippen molar-refractivity contribution in [3.8, 4) is 0 Å². The molecule has 2 aromatic carbocycles. The van der Waals surface area contributed by atoms with Gasteiger partial charge in [0.25, 0.3) is 0 Å². The zero-order chi connectivity index (χ0) is 17.4. The summed E-state index contributed by atoms with van der Waals surface area (Å²) in [4.78, 5) is 23.7. The Hall–Kier alpha value is -2.66. The fourth-order valence-corrected chi connectivity index (χ4v) is 2.44. The van der Waals surface area contributed by atoms with Crippen LogP contribution in [0, 0.1) is 0 Å². The van der Waals surface area contributed by atoms with E-state index in [0.29, 0.717) is 24.1 Å². The molecule has 0 aliphatic carbocycles. The van der Waals surface area contributed by atoms with Gasteiger partial charge in [-0.25, -0.2) is 4.79 Å². The quantitative estimate of drug-likeness (QED) is 0.681. The Kier molecular flexibility index (Phi) is 6.51. The van der Waals surface area contributed by atoms with Gasteiger partial charge in [0.15, 0.2) is 5.78 Å². The molecule has 0 saturated heterocycles. The van der Waals surface area contributed by atoms with Gasteiger partial charge in [-0.1, -0.05) is 42.5 Å². The minimum absolute atomic E-state index is 0.0517. The number of hydrogen-bond acceptors (Lipinski definition) is 3. The fraction of sp³-hybridized carbons (Fsp3) is 0.263. The van der Waals surface area contributed by atoms with Crippen LogP contribution in [0.2, 0.25) is 0 Å². The highest BCUT2D eigenvalue weighted by molar-refractivity contribution is 5.96. The number of hydrogen-bond donors (Lipinski definition) is 3. The van der Waals surface area contributed by atoms with Crippen molar-refractivity contribution >= 4 is 17.5 Å². The van der Waals surface area contributed by atoms with Gasteiger partial charge >= 0.3 is 6.03 Å². The molecule has 5 nitrogen and oxygen atoms in total. The summed E-state index contributed by atoms with van der Waals surface area (Å²) in [7, 11) is 0. The van der Waals surface area contributed by atoms with Crippen molar-refractivity contribution in [2.75, 3.05) is 11.9 Å². The third-order valence-corrected chi connectivity index (χ3v) is 3.69. The van der Waals surface area contributed by atoms with Gasteiger partial charge in [0.1, 0.15) is 0 Å². The van der Waals surface area contributed by atoms with Crippen molar-refractivity contribution in [2.24, 2.45) is 0 Å². The second kappa shape index (κ2) is 8.84. The largest absolute Gasteiger partial charge is 0.396 e. The SMILES string of the molecule is CC(=O)c1cccc(NC(=O)NC(CCCO)c2ccccc2)c1. The van der Waals surface area contributed by atoms with Crippen LogP contribution in [-0.2, 0) is 0 Å². The maximum Gasteiger partial charge on any atom is 0.319 e. The fourth-order valence-electron chi connectivity index (χ4n) is 2.44. The van der Waals surface area contributed by atoms with Crippen LogP contribution in [0.5, 0.6) is 0 Å². The van der Waals surface area contributed by atoms with E-state index in [1.807, 2.05) is 30.3 Å². The van der Waals surface area contributed by atoms with Gasteiger partial charge in [0, 0.05) is 17.9 Å². The van der Waals surface area contributed by atoms with E-state index in [1.165, 1.54) is 6.92 Å². The standard InChI is InChI=1S/C19H22N2O3/c1-14(23)16-9-5-10-17(13-16)20-19(24)21-18(11-6-12-22)15-7-3-2-4-8-15/h2-5,7-10,13,18,22H,6,11-12H2,1H3,(H2,20,21,24). The summed E-state index contributed by atoms with van der Waals surface area (Å²) in [5, 5.41) is 14.7. The van der Waals surface area contributed by atoms with Gasteiger partial charge in [-0.05, 0) is 37.5 Å². The molecule has 0 radical (unpaired) electrons. The highest BCUT2D eigenvalue weighted by Crippen LogP contribution is 2.19. The first-order valence-corrected chi connectivity index (χ1v) is 7.94. The molecule has 2 aromatic rings. The molecule has 0 aliphatic heterocycles. The summed E-state index contributed by atoms with van der Waals surface area (Å²) < 4.78 is 0. The van der Waals surface area contributed by atoms with Crippen molar-refractivity contribution in [3.63, 3.8) is 0 Å². The minimum Gasteiger partial charge on any atom is -0.396 e. The molecule has 24 heavy (non-hydrogen) atoms. The Balaban J connectivity index is 2.05. The van der Waals surface area contributed by atoms with Crippen LogP contribution in [0.15, 0.2) is 54.6 Å². The van der Waals surface area contributed by atoms with Crippen LogP contribution in [-0.4, -0.2) is 23.5 Å². The molecule has 0 aromatic heterocycles. The Morgan fingerprint density at radius 1 is 1.08 bits per heavy atom. The summed E-state index contributed by atoms with van der Waals surface area (Å²) in [6, 6.07) is 15.9. The number of aliphatic hydroxyl groups is 1. The van der Waals surface area contributed by atoms with Gasteiger partial charge in [-0.15, -0.1) is 0 Å². The normalized spacial score (nSPS) is 11.6. The Morgan fingerprint density at radius 2 is 1.83 bits per heavy atom. The van der Waals surface area contributed by atoms with E-state index in [1.54, 1.807) is 24.3 Å². The number of urea groups is 1. The zero-order valence-electron chi connectivity index (χ0n) is 13.7. The molecule has 0 saturated carbocycles. The van der Waals surface area contributed by atoms with E-state index in [-0.39, 0.29) is 24.5 Å². The van der Waals surface area contributed by atoms with Crippen molar-refractivity contribution in [1.82, 2.24) is 5.32 Å². The molecule has 0 bridgehead atoms. The molecule has 2 amide bonds. The molecule has 5 heteroatoms. The second-order valence-electron chi connectivity index (χ2n) is 5.56. The third-order valence-electron chi connectivity index (χ3n) is 3.69. The number of anilines is 1. The lowest BCUT2D eigenvalue weighted by molar-refractivity contribution is 0.101. The van der Waals surface area contributed by atoms with Gasteiger partial charge in [-0.3, -0.25) is 4.79 Å². The summed E-state index contributed by atoms with van der Waals surface area (Å²) in [5.41, 5.74) is 2.10. The lowest BCUT2D eigenvalue weighted by Crippen LogP contribution is -2.32. The van der Waals surface area contributed by atoms with E-state index in [0.717, 1.165) is 5.56 Å². The molecular formula is C19H22N2O3. The molecule has 3 N–H and O–H groups in total. The van der Waals surface area contributed by atoms with Crippen molar-refractivity contribution in [1.29, 1.82) is 0 Å². The van der Waals surface area contributed by atoms with Crippen molar-refractivity contribution in [3.05, 3.63) is 65.7 Å². The summed E-state index contributed by atoms with van der Waals surface area (Å²) in [6.07, 6.45) is 1.24. The monoisotopic (exact) mass is 326 g/mol. The Morgan fingerprint density at radius 3 is 2.50 bits per heavy atom. The first-order chi connectivity index (χ1) is 11.6. The first kappa shape index (κ1) is 17.7. The number of ketones is 1. The molecule has 0 aliphatic rings. The van der Waals surface area contributed by atoms with E-state index >= 15 is 0 Å². The van der Waals surface area contributed by atoms with E-state index in [9.17, 15) is 9.59 Å². The Bertz CT molecular complexity index is 686. The van der Waals surface area contributed by atoms with Crippen LogP contribution < -0.4 is 10.6 Å². The second-order valence-corrected chi connectivity index (χ2v) is 5.56. The number of Topliss-reactive ketones (excluding diaryl/α,β-unsaturated/α-hetero) is 1. The van der Waals surface area contributed by atoms with Gasteiger partial charge in [0.2, 0.25) is 0 Å². The van der Waals surface area contributed by atoms with Crippen molar-refractivity contribution < 1.29 is 14.7 Å². The van der Waals surface area contributed by atoms with Crippen LogP contribution in [0.25, 0.3) is 0 Å². The maximum absolute atomic E-state index is 12.3. The van der Waals surface area contributed by atoms with Gasteiger partial charge in [-0.2, -0.15) is 0 Å². The summed E-state index contributed by atoms with van der Waals surface area (Å²) in [6.45, 7) is 1.56. The minimum atomic E-state index is -0.345. The molecular weight excluding hydrogens is 304 g/mol. The number of rotatable bonds is 7. The van der Waals surface area contributed by atoms with Crippen LogP contribution in [0.3, 0.4) is 0 Å². The number of aliphatic hydroxyl groups excluding tert-OH is 1. The van der Waals surface area contributed by atoms with E-state index < -0.39 is 0 Å². The molecule has 1 atom stereocenters. The lowest BCUT2D eigenvalue weighted by atomic mass is 10.0. The molecule has 126 valence electrons. The van der Waals surface area contributed by atoms with Crippen molar-refractivity contribution in [2.45, 2.75) is 25.8 Å². The highest BCUT2D eigenvalue weighted by Gasteiger charge is 2.14. The number of nitrogens with one attached hydrogen (secondary N) is 2. The highest BCUT2D eigenvalue weighted by atomic mass is 16.3. The number of carbonyl (C=O) groups is 2. The van der Waals surface area contributed by atoms with E-state index in [2.05, 4.69) is 10.6 Å².